The van der Waals surface area contributed by atoms with Crippen molar-refractivity contribution >= 4 is 15.9 Å². The molecule has 1 unspecified atom stereocenters. The van der Waals surface area contributed by atoms with Crippen LogP contribution in [-0.4, -0.2) is 18.7 Å². The Morgan fingerprint density at radius 3 is 3.00 bits per heavy atom. The standard InChI is InChI=1S/C7H10BrNO2/c1-9-4-6(10)7-5(8)2-3-11-7/h2-3,6,9-10H,4H2,1H3. The molecule has 1 heterocycles. The average molecular weight is 220 g/mol. The maximum Gasteiger partial charge on any atom is 0.147 e. The van der Waals surface area contributed by atoms with Crippen molar-refractivity contribution < 1.29 is 9.52 Å². The molecule has 1 atom stereocenters. The third-order valence-electron chi connectivity index (χ3n) is 1.34. The Morgan fingerprint density at radius 1 is 1.82 bits per heavy atom. The molecule has 1 aromatic heterocycles. The molecular formula is C7H10BrNO2. The van der Waals surface area contributed by atoms with Crippen LogP contribution < -0.4 is 5.32 Å². The molecule has 62 valence electrons. The van der Waals surface area contributed by atoms with E-state index >= 15 is 0 Å². The van der Waals surface area contributed by atoms with Gasteiger partial charge in [-0.05, 0) is 29.0 Å². The van der Waals surface area contributed by atoms with Crippen LogP contribution in [0.4, 0.5) is 0 Å². The minimum atomic E-state index is -0.579. The van der Waals surface area contributed by atoms with E-state index in [9.17, 15) is 5.11 Å². The average Bonchev–Trinajstić information content (AvgIpc) is 2.36. The van der Waals surface area contributed by atoms with Gasteiger partial charge in [-0.15, -0.1) is 0 Å². The van der Waals surface area contributed by atoms with E-state index in [-0.39, 0.29) is 0 Å². The first kappa shape index (κ1) is 8.77. The molecule has 0 radical (unpaired) electrons. The van der Waals surface area contributed by atoms with Gasteiger partial charge in [0, 0.05) is 6.54 Å². The second-order valence-electron chi connectivity index (χ2n) is 2.21. The molecule has 0 aromatic carbocycles. The lowest BCUT2D eigenvalue weighted by molar-refractivity contribution is 0.149. The molecule has 0 saturated heterocycles. The van der Waals surface area contributed by atoms with E-state index < -0.39 is 6.10 Å². The van der Waals surface area contributed by atoms with Gasteiger partial charge in [0.1, 0.15) is 11.9 Å². The van der Waals surface area contributed by atoms with E-state index in [1.807, 2.05) is 0 Å². The van der Waals surface area contributed by atoms with E-state index in [4.69, 9.17) is 4.42 Å². The van der Waals surface area contributed by atoms with Crippen LogP contribution in [0.15, 0.2) is 21.2 Å². The van der Waals surface area contributed by atoms with Crippen LogP contribution in [0.2, 0.25) is 0 Å². The first-order valence-corrected chi connectivity index (χ1v) is 4.10. The number of halogens is 1. The largest absolute Gasteiger partial charge is 0.465 e. The predicted molar refractivity (Wildman–Crippen MR) is 45.3 cm³/mol. The highest BCUT2D eigenvalue weighted by Crippen LogP contribution is 2.23. The Kier molecular flexibility index (Phi) is 3.11. The molecule has 0 aliphatic rings. The number of aliphatic hydroxyl groups is 1. The van der Waals surface area contributed by atoms with Crippen LogP contribution in [0.25, 0.3) is 0 Å². The number of aliphatic hydroxyl groups excluding tert-OH is 1. The van der Waals surface area contributed by atoms with Gasteiger partial charge in [0.05, 0.1) is 10.7 Å². The number of rotatable bonds is 3. The molecule has 0 spiro atoms. The van der Waals surface area contributed by atoms with Crippen LogP contribution in [-0.2, 0) is 0 Å². The zero-order valence-corrected chi connectivity index (χ0v) is 7.76. The summed E-state index contributed by atoms with van der Waals surface area (Å²) in [6.45, 7) is 0.492. The number of hydrogen-bond acceptors (Lipinski definition) is 3. The van der Waals surface area contributed by atoms with Crippen molar-refractivity contribution in [3.63, 3.8) is 0 Å². The van der Waals surface area contributed by atoms with Gasteiger partial charge in [-0.2, -0.15) is 0 Å². The molecule has 3 nitrogen and oxygen atoms in total. The molecule has 0 saturated carbocycles. The van der Waals surface area contributed by atoms with Gasteiger partial charge < -0.3 is 14.8 Å². The SMILES string of the molecule is CNCC(O)c1occc1Br. The fourth-order valence-corrected chi connectivity index (χ4v) is 1.29. The van der Waals surface area contributed by atoms with Crippen LogP contribution in [0.1, 0.15) is 11.9 Å². The molecule has 0 fully saturated rings. The second-order valence-corrected chi connectivity index (χ2v) is 3.06. The molecule has 11 heavy (non-hydrogen) atoms. The zero-order chi connectivity index (χ0) is 8.27. The summed E-state index contributed by atoms with van der Waals surface area (Å²) in [4.78, 5) is 0. The molecule has 0 bridgehead atoms. The van der Waals surface area contributed by atoms with Crippen molar-refractivity contribution in [2.45, 2.75) is 6.10 Å². The topological polar surface area (TPSA) is 45.4 Å². The lowest BCUT2D eigenvalue weighted by atomic mass is 10.3. The van der Waals surface area contributed by atoms with E-state index in [2.05, 4.69) is 21.2 Å². The van der Waals surface area contributed by atoms with E-state index in [1.165, 1.54) is 6.26 Å². The van der Waals surface area contributed by atoms with Crippen molar-refractivity contribution in [3.05, 3.63) is 22.6 Å². The fraction of sp³-hybridized carbons (Fsp3) is 0.429. The Hall–Kier alpha value is -0.320. The molecule has 0 aliphatic carbocycles. The van der Waals surface area contributed by atoms with Crippen molar-refractivity contribution in [1.29, 1.82) is 0 Å². The maximum absolute atomic E-state index is 9.40. The third kappa shape index (κ3) is 2.05. The van der Waals surface area contributed by atoms with Gasteiger partial charge >= 0.3 is 0 Å². The first-order chi connectivity index (χ1) is 5.25. The van der Waals surface area contributed by atoms with Gasteiger partial charge in [-0.3, -0.25) is 0 Å². The van der Waals surface area contributed by atoms with E-state index in [1.54, 1.807) is 13.1 Å². The van der Waals surface area contributed by atoms with Gasteiger partial charge in [0.15, 0.2) is 0 Å². The Bertz CT molecular complexity index is 224. The molecule has 4 heteroatoms. The molecular weight excluding hydrogens is 210 g/mol. The van der Waals surface area contributed by atoms with Crippen LogP contribution in [0.3, 0.4) is 0 Å². The predicted octanol–water partition coefficient (Wildman–Crippen LogP) is 1.29. The smallest absolute Gasteiger partial charge is 0.147 e. The number of likely N-dealkylation sites (N-methyl/N-ethyl adjacent to an activating group) is 1. The molecule has 0 amide bonds. The summed E-state index contributed by atoms with van der Waals surface area (Å²) < 4.78 is 5.85. The molecule has 1 rings (SSSR count). The highest BCUT2D eigenvalue weighted by atomic mass is 79.9. The van der Waals surface area contributed by atoms with Gasteiger partial charge in [-0.1, -0.05) is 0 Å². The van der Waals surface area contributed by atoms with E-state index in [0.717, 1.165) is 4.47 Å². The Labute approximate surface area is 73.5 Å². The van der Waals surface area contributed by atoms with Gasteiger partial charge in [0.25, 0.3) is 0 Å². The summed E-state index contributed by atoms with van der Waals surface area (Å²) >= 11 is 3.26. The summed E-state index contributed by atoms with van der Waals surface area (Å²) in [6, 6.07) is 1.76. The minimum absolute atomic E-state index is 0.492. The summed E-state index contributed by atoms with van der Waals surface area (Å²) in [6.07, 6.45) is 0.961. The molecule has 1 aromatic rings. The molecule has 0 aliphatic heterocycles. The minimum Gasteiger partial charge on any atom is -0.465 e. The fourth-order valence-electron chi connectivity index (χ4n) is 0.829. The normalized spacial score (nSPS) is 13.4. The maximum atomic E-state index is 9.40. The summed E-state index contributed by atoms with van der Waals surface area (Å²) in [5.74, 6) is 0.569. The van der Waals surface area contributed by atoms with Gasteiger partial charge in [0.2, 0.25) is 0 Å². The number of nitrogens with one attached hydrogen (secondary N) is 1. The highest BCUT2D eigenvalue weighted by Gasteiger charge is 2.12. The second kappa shape index (κ2) is 3.90. The number of furan rings is 1. The lowest BCUT2D eigenvalue weighted by Crippen LogP contribution is -2.16. The van der Waals surface area contributed by atoms with Crippen molar-refractivity contribution in [3.8, 4) is 0 Å². The van der Waals surface area contributed by atoms with Crippen LogP contribution >= 0.6 is 15.9 Å². The lowest BCUT2D eigenvalue weighted by Gasteiger charge is -2.06. The monoisotopic (exact) mass is 219 g/mol. The quantitative estimate of drug-likeness (QED) is 0.806. The highest BCUT2D eigenvalue weighted by molar-refractivity contribution is 9.10. The third-order valence-corrected chi connectivity index (χ3v) is 2.00. The van der Waals surface area contributed by atoms with Crippen molar-refractivity contribution in [2.24, 2.45) is 0 Å². The zero-order valence-electron chi connectivity index (χ0n) is 6.17. The Balaban J connectivity index is 2.67. The summed E-state index contributed by atoms with van der Waals surface area (Å²) in [7, 11) is 1.78. The first-order valence-electron chi connectivity index (χ1n) is 3.31. The van der Waals surface area contributed by atoms with Crippen molar-refractivity contribution in [1.82, 2.24) is 5.32 Å². The van der Waals surface area contributed by atoms with Gasteiger partial charge in [-0.25, -0.2) is 0 Å². The molecule has 2 N–H and O–H groups in total. The summed E-state index contributed by atoms with van der Waals surface area (Å²) in [5, 5.41) is 12.3. The van der Waals surface area contributed by atoms with Crippen molar-refractivity contribution in [2.75, 3.05) is 13.6 Å². The van der Waals surface area contributed by atoms with E-state index in [0.29, 0.717) is 12.3 Å². The van der Waals surface area contributed by atoms with Crippen LogP contribution in [0.5, 0.6) is 0 Å². The summed E-state index contributed by atoms with van der Waals surface area (Å²) in [5.41, 5.74) is 0. The number of hydrogen-bond donors (Lipinski definition) is 2. The van der Waals surface area contributed by atoms with Crippen LogP contribution in [0, 0.1) is 0 Å². The Morgan fingerprint density at radius 2 is 2.55 bits per heavy atom.